The Kier molecular flexibility index (Phi) is 2.29. The van der Waals surface area contributed by atoms with Gasteiger partial charge in [0.1, 0.15) is 6.54 Å². The molecule has 86 valence electrons. The van der Waals surface area contributed by atoms with Crippen molar-refractivity contribution in [2.24, 2.45) is 0 Å². The summed E-state index contributed by atoms with van der Waals surface area (Å²) in [5.74, 6) is 0. The number of urea groups is 1. The molecule has 2 amide bonds. The van der Waals surface area contributed by atoms with E-state index >= 15 is 0 Å². The number of amides is 2. The van der Waals surface area contributed by atoms with Crippen molar-refractivity contribution in [1.82, 2.24) is 15.5 Å². The van der Waals surface area contributed by atoms with Crippen LogP contribution in [0.2, 0.25) is 0 Å². The van der Waals surface area contributed by atoms with E-state index in [0.29, 0.717) is 26.1 Å². The Morgan fingerprint density at radius 1 is 1.40 bits per heavy atom. The van der Waals surface area contributed by atoms with Gasteiger partial charge in [-0.05, 0) is 13.0 Å². The Bertz CT molecular complexity index is 273. The molecule has 0 radical (unpaired) electrons. The van der Waals surface area contributed by atoms with Crippen molar-refractivity contribution in [3.8, 4) is 0 Å². The third-order valence-corrected chi connectivity index (χ3v) is 2.94. The lowest BCUT2D eigenvalue weighted by molar-refractivity contribution is -0.146. The minimum Gasteiger partial charge on any atom is -0.336 e. The molecule has 0 aliphatic carbocycles. The quantitative estimate of drug-likeness (QED) is 0.671. The van der Waals surface area contributed by atoms with E-state index in [9.17, 15) is 18.0 Å². The maximum Gasteiger partial charge on any atom is 0.406 e. The normalized spacial score (nSPS) is 31.4. The first kappa shape index (κ1) is 10.5. The average molecular weight is 223 g/mol. The molecule has 15 heavy (non-hydrogen) atoms. The van der Waals surface area contributed by atoms with Crippen LogP contribution in [0.25, 0.3) is 0 Å². The Morgan fingerprint density at radius 3 is 2.67 bits per heavy atom. The highest BCUT2D eigenvalue weighted by molar-refractivity contribution is 5.78. The van der Waals surface area contributed by atoms with Gasteiger partial charge < -0.3 is 15.5 Å². The molecule has 2 aliphatic heterocycles. The van der Waals surface area contributed by atoms with Gasteiger partial charge >= 0.3 is 12.2 Å². The number of alkyl halides is 3. The molecule has 1 atom stereocenters. The fraction of sp³-hybridized carbons (Fsp3) is 0.875. The number of rotatable bonds is 1. The van der Waals surface area contributed by atoms with Crippen LogP contribution >= 0.6 is 0 Å². The lowest BCUT2D eigenvalue weighted by Crippen LogP contribution is -2.52. The van der Waals surface area contributed by atoms with Crippen LogP contribution in [-0.4, -0.2) is 48.8 Å². The molecule has 7 heteroatoms. The molecule has 0 saturated carbocycles. The summed E-state index contributed by atoms with van der Waals surface area (Å²) in [5, 5.41) is 5.46. The summed E-state index contributed by atoms with van der Waals surface area (Å²) in [6.45, 7) is 0.223. The third kappa shape index (κ3) is 1.88. The molecule has 2 aliphatic rings. The molecule has 2 rings (SSSR count). The van der Waals surface area contributed by atoms with Crippen molar-refractivity contribution in [2.75, 3.05) is 26.2 Å². The molecule has 0 bridgehead atoms. The third-order valence-electron chi connectivity index (χ3n) is 2.94. The van der Waals surface area contributed by atoms with Crippen LogP contribution < -0.4 is 10.6 Å². The number of halogens is 3. The van der Waals surface area contributed by atoms with Gasteiger partial charge in [-0.25, -0.2) is 4.79 Å². The topological polar surface area (TPSA) is 44.4 Å². The minimum atomic E-state index is -4.34. The van der Waals surface area contributed by atoms with E-state index in [1.807, 2.05) is 0 Å². The Morgan fingerprint density at radius 2 is 2.13 bits per heavy atom. The minimum absolute atomic E-state index is 0.301. The van der Waals surface area contributed by atoms with Crippen molar-refractivity contribution in [3.63, 3.8) is 0 Å². The monoisotopic (exact) mass is 223 g/mol. The number of hydrogen-bond donors (Lipinski definition) is 2. The van der Waals surface area contributed by atoms with E-state index in [4.69, 9.17) is 0 Å². The van der Waals surface area contributed by atoms with Gasteiger partial charge in [0.25, 0.3) is 0 Å². The van der Waals surface area contributed by atoms with Gasteiger partial charge in [-0.1, -0.05) is 0 Å². The van der Waals surface area contributed by atoms with E-state index in [1.54, 1.807) is 0 Å². The second-order valence-corrected chi connectivity index (χ2v) is 4.01. The number of nitrogens with zero attached hydrogens (tertiary/aromatic N) is 1. The lowest BCUT2D eigenvalue weighted by Gasteiger charge is -2.32. The molecule has 2 heterocycles. The first-order chi connectivity index (χ1) is 6.93. The van der Waals surface area contributed by atoms with Crippen molar-refractivity contribution in [2.45, 2.75) is 18.1 Å². The molecule has 0 aromatic rings. The van der Waals surface area contributed by atoms with Gasteiger partial charge in [-0.15, -0.1) is 0 Å². The highest BCUT2D eigenvalue weighted by Crippen LogP contribution is 2.30. The number of carbonyl (C=O) groups is 1. The highest BCUT2D eigenvalue weighted by Gasteiger charge is 2.50. The number of nitrogens with one attached hydrogen (secondary N) is 2. The zero-order chi connectivity index (χ0) is 11.1. The van der Waals surface area contributed by atoms with Crippen LogP contribution in [0.5, 0.6) is 0 Å². The molecule has 1 spiro atoms. The molecule has 0 aromatic heterocycles. The number of hydrogen-bond acceptors (Lipinski definition) is 2. The van der Waals surface area contributed by atoms with E-state index in [1.165, 1.54) is 0 Å². The molecule has 1 unspecified atom stereocenters. The predicted molar refractivity (Wildman–Crippen MR) is 46.4 cm³/mol. The molecule has 0 aromatic carbocycles. The second-order valence-electron chi connectivity index (χ2n) is 4.01. The Labute approximate surface area is 84.8 Å². The summed E-state index contributed by atoms with van der Waals surface area (Å²) < 4.78 is 36.8. The van der Waals surface area contributed by atoms with Gasteiger partial charge in [0.05, 0.1) is 5.54 Å². The number of carbonyl (C=O) groups excluding carboxylic acids is 1. The summed E-state index contributed by atoms with van der Waals surface area (Å²) in [7, 11) is 0. The molecule has 2 saturated heterocycles. The molecular formula is C8H12F3N3O. The van der Waals surface area contributed by atoms with Crippen LogP contribution in [0.1, 0.15) is 6.42 Å². The first-order valence-corrected chi connectivity index (χ1v) is 4.76. The fourth-order valence-corrected chi connectivity index (χ4v) is 2.18. The first-order valence-electron chi connectivity index (χ1n) is 4.76. The Balaban J connectivity index is 2.15. The predicted octanol–water partition coefficient (Wildman–Crippen LogP) is 0.306. The molecule has 2 N–H and O–H groups in total. The van der Waals surface area contributed by atoms with Gasteiger partial charge in [0.15, 0.2) is 0 Å². The average Bonchev–Trinajstić information content (AvgIpc) is 2.67. The molecule has 2 fully saturated rings. The van der Waals surface area contributed by atoms with Crippen LogP contribution in [0.4, 0.5) is 18.0 Å². The summed E-state index contributed by atoms with van der Waals surface area (Å²) >= 11 is 0. The van der Waals surface area contributed by atoms with Gasteiger partial charge in [0, 0.05) is 13.1 Å². The van der Waals surface area contributed by atoms with Crippen LogP contribution in [0, 0.1) is 0 Å². The fourth-order valence-electron chi connectivity index (χ4n) is 2.18. The van der Waals surface area contributed by atoms with Crippen molar-refractivity contribution >= 4 is 6.03 Å². The largest absolute Gasteiger partial charge is 0.406 e. The highest BCUT2D eigenvalue weighted by atomic mass is 19.4. The zero-order valence-corrected chi connectivity index (χ0v) is 8.02. The maximum absolute atomic E-state index is 12.3. The van der Waals surface area contributed by atoms with Crippen LogP contribution in [0.3, 0.4) is 0 Å². The zero-order valence-electron chi connectivity index (χ0n) is 8.02. The second kappa shape index (κ2) is 3.26. The molecular weight excluding hydrogens is 211 g/mol. The van der Waals surface area contributed by atoms with Crippen molar-refractivity contribution in [3.05, 3.63) is 0 Å². The SMILES string of the molecule is O=C1NCC2(CCNC2)N1CC(F)(F)F. The van der Waals surface area contributed by atoms with Crippen LogP contribution in [0.15, 0.2) is 0 Å². The summed E-state index contributed by atoms with van der Waals surface area (Å²) in [6, 6.07) is -0.615. The van der Waals surface area contributed by atoms with E-state index in [-0.39, 0.29) is 0 Å². The summed E-state index contributed by atoms with van der Waals surface area (Å²) in [4.78, 5) is 12.2. The molecule has 4 nitrogen and oxygen atoms in total. The Hall–Kier alpha value is -0.980. The summed E-state index contributed by atoms with van der Waals surface area (Å²) in [6.07, 6.45) is -3.76. The van der Waals surface area contributed by atoms with Gasteiger partial charge in [-0.3, -0.25) is 0 Å². The van der Waals surface area contributed by atoms with Gasteiger partial charge in [-0.2, -0.15) is 13.2 Å². The smallest absolute Gasteiger partial charge is 0.336 e. The van der Waals surface area contributed by atoms with Gasteiger partial charge in [0.2, 0.25) is 0 Å². The van der Waals surface area contributed by atoms with Crippen LogP contribution in [-0.2, 0) is 0 Å². The standard InChI is InChI=1S/C8H12F3N3O/c9-8(10,11)5-14-6(15)13-4-7(14)1-2-12-3-7/h12H,1-5H2,(H,13,15). The maximum atomic E-state index is 12.3. The van der Waals surface area contributed by atoms with E-state index in [2.05, 4.69) is 10.6 Å². The van der Waals surface area contributed by atoms with E-state index in [0.717, 1.165) is 4.90 Å². The van der Waals surface area contributed by atoms with Crippen molar-refractivity contribution < 1.29 is 18.0 Å². The summed E-state index contributed by atoms with van der Waals surface area (Å²) in [5.41, 5.74) is -0.674. The van der Waals surface area contributed by atoms with Crippen molar-refractivity contribution in [1.29, 1.82) is 0 Å². The lowest BCUT2D eigenvalue weighted by atomic mass is 9.98. The van der Waals surface area contributed by atoms with E-state index < -0.39 is 24.3 Å².